The zero-order chi connectivity index (χ0) is 17.4. The van der Waals surface area contributed by atoms with Crippen molar-refractivity contribution in [1.29, 1.82) is 1.43 Å². The summed E-state index contributed by atoms with van der Waals surface area (Å²) in [7, 11) is 0. The van der Waals surface area contributed by atoms with E-state index in [0.29, 0.717) is 5.92 Å². The summed E-state index contributed by atoms with van der Waals surface area (Å²) < 4.78 is 6.41. The Hall–Kier alpha value is -1.67. The Bertz CT molecular complexity index is 435. The molecule has 22 heavy (non-hydrogen) atoms. The summed E-state index contributed by atoms with van der Waals surface area (Å²) in [6, 6.07) is -2.35. The number of carbonyl (C=O) groups is 3. The van der Waals surface area contributed by atoms with Crippen molar-refractivity contribution in [1.82, 2.24) is 10.6 Å². The minimum atomic E-state index is -1.25. The summed E-state index contributed by atoms with van der Waals surface area (Å²) in [5, 5.41) is 18.1. The van der Waals surface area contributed by atoms with Crippen molar-refractivity contribution in [3.05, 3.63) is 0 Å². The SMILES string of the molecule is [2H]OC(=O)C[C@H](N)C(=O)N[C@@H](CO)C(=O)N[C@@H]1CCCC[C@H]1C. The molecule has 0 aliphatic heterocycles. The molecule has 4 atom stereocenters. The maximum atomic E-state index is 12.2. The summed E-state index contributed by atoms with van der Waals surface area (Å²) in [6.07, 6.45) is 3.59. The molecule has 0 aromatic rings. The number of aliphatic hydroxyl groups is 1. The molecule has 0 bridgehead atoms. The van der Waals surface area contributed by atoms with Crippen molar-refractivity contribution < 1.29 is 24.6 Å². The van der Waals surface area contributed by atoms with Crippen molar-refractivity contribution in [2.45, 2.75) is 57.2 Å². The van der Waals surface area contributed by atoms with Crippen LogP contribution in [-0.4, -0.2) is 52.7 Å². The highest BCUT2D eigenvalue weighted by molar-refractivity contribution is 5.91. The van der Waals surface area contributed by atoms with Crippen LogP contribution in [0.25, 0.3) is 1.43 Å². The molecule has 8 heteroatoms. The standard InChI is InChI=1S/C14H25N3O5/c1-8-4-2-3-5-10(8)16-14(22)11(7-18)17-13(21)9(15)6-12(19)20/h8-11,18H,2-7,15H2,1H3,(H,16,22)(H,17,21)(H,19,20)/t8-,9+,10-,11+/m1/s1/i/hD. The smallest absolute Gasteiger partial charge is 0.305 e. The van der Waals surface area contributed by atoms with E-state index in [9.17, 15) is 19.5 Å². The van der Waals surface area contributed by atoms with Gasteiger partial charge in [0, 0.05) is 6.04 Å². The van der Waals surface area contributed by atoms with Gasteiger partial charge in [-0.1, -0.05) is 19.8 Å². The first kappa shape index (κ1) is 16.7. The number of hydrogen-bond donors (Lipinski definition) is 5. The fraction of sp³-hybridized carbons (Fsp3) is 0.786. The van der Waals surface area contributed by atoms with Crippen molar-refractivity contribution in [2.75, 3.05) is 6.61 Å². The van der Waals surface area contributed by atoms with Crippen LogP contribution in [0.15, 0.2) is 0 Å². The second kappa shape index (κ2) is 8.70. The number of aliphatic hydroxyl groups excluding tert-OH is 1. The molecule has 0 spiro atoms. The minimum Gasteiger partial charge on any atom is -0.481 e. The Morgan fingerprint density at radius 3 is 2.59 bits per heavy atom. The molecule has 0 unspecified atom stereocenters. The molecule has 1 rings (SSSR count). The average molecular weight is 316 g/mol. The molecule has 1 aliphatic rings. The summed E-state index contributed by atoms with van der Waals surface area (Å²) in [5.41, 5.74) is 5.49. The molecular weight excluding hydrogens is 290 g/mol. The number of carboxylic acid groups (broad SMARTS) is 1. The Morgan fingerprint density at radius 1 is 1.32 bits per heavy atom. The number of nitrogens with two attached hydrogens (primary N) is 1. The predicted octanol–water partition coefficient (Wildman–Crippen LogP) is -1.04. The van der Waals surface area contributed by atoms with Gasteiger partial charge in [0.1, 0.15) is 6.04 Å². The topological polar surface area (TPSA) is 142 Å². The Morgan fingerprint density at radius 2 is 2.00 bits per heavy atom. The average Bonchev–Trinajstić information content (AvgIpc) is 2.53. The fourth-order valence-corrected chi connectivity index (χ4v) is 2.56. The largest absolute Gasteiger partial charge is 0.481 e. The molecule has 1 fully saturated rings. The van der Waals surface area contributed by atoms with Crippen LogP contribution < -0.4 is 16.4 Å². The second-order valence-electron chi connectivity index (χ2n) is 5.80. The van der Waals surface area contributed by atoms with E-state index in [1.165, 1.54) is 0 Å². The number of carboxylic acids is 1. The number of amides is 2. The Labute approximate surface area is 130 Å². The third-order valence-corrected chi connectivity index (χ3v) is 3.98. The zero-order valence-electron chi connectivity index (χ0n) is 13.7. The quantitative estimate of drug-likeness (QED) is 0.406. The molecule has 126 valence electrons. The third-order valence-electron chi connectivity index (χ3n) is 3.98. The van der Waals surface area contributed by atoms with Crippen molar-refractivity contribution in [2.24, 2.45) is 11.7 Å². The summed E-state index contributed by atoms with van der Waals surface area (Å²) in [5.74, 6) is -1.85. The highest BCUT2D eigenvalue weighted by Crippen LogP contribution is 2.23. The van der Waals surface area contributed by atoms with Crippen molar-refractivity contribution >= 4 is 17.8 Å². The van der Waals surface area contributed by atoms with E-state index >= 15 is 0 Å². The molecule has 8 nitrogen and oxygen atoms in total. The lowest BCUT2D eigenvalue weighted by molar-refractivity contribution is -0.139. The summed E-state index contributed by atoms with van der Waals surface area (Å²) >= 11 is 0. The van der Waals surface area contributed by atoms with Gasteiger partial charge >= 0.3 is 5.97 Å². The van der Waals surface area contributed by atoms with Crippen molar-refractivity contribution in [3.63, 3.8) is 0 Å². The van der Waals surface area contributed by atoms with E-state index in [1.807, 2.05) is 0 Å². The molecule has 6 N–H and O–H groups in total. The van der Waals surface area contributed by atoms with E-state index in [-0.39, 0.29) is 6.04 Å². The summed E-state index contributed by atoms with van der Waals surface area (Å²) in [4.78, 5) is 34.9. The maximum absolute atomic E-state index is 12.2. The predicted molar refractivity (Wildman–Crippen MR) is 78.8 cm³/mol. The molecule has 0 saturated heterocycles. The van der Waals surface area contributed by atoms with Crippen LogP contribution in [0.3, 0.4) is 0 Å². The van der Waals surface area contributed by atoms with E-state index < -0.39 is 42.9 Å². The zero-order valence-corrected chi connectivity index (χ0v) is 12.7. The number of aliphatic carboxylic acids is 1. The minimum absolute atomic E-state index is 0.0224. The van der Waals surface area contributed by atoms with Crippen LogP contribution in [0.5, 0.6) is 0 Å². The second-order valence-corrected chi connectivity index (χ2v) is 5.80. The molecule has 0 aromatic heterocycles. The van der Waals surface area contributed by atoms with Gasteiger partial charge in [0.25, 0.3) is 1.43 Å². The Balaban J connectivity index is 2.52. The van der Waals surface area contributed by atoms with Crippen LogP contribution in [-0.2, 0) is 14.4 Å². The van der Waals surface area contributed by atoms with Crippen LogP contribution in [0.4, 0.5) is 0 Å². The van der Waals surface area contributed by atoms with Crippen LogP contribution in [0.2, 0.25) is 0 Å². The van der Waals surface area contributed by atoms with Gasteiger partial charge < -0.3 is 26.6 Å². The van der Waals surface area contributed by atoms with Crippen LogP contribution >= 0.6 is 0 Å². The first-order chi connectivity index (χ1) is 10.9. The van der Waals surface area contributed by atoms with E-state index in [0.717, 1.165) is 25.7 Å². The monoisotopic (exact) mass is 316 g/mol. The van der Waals surface area contributed by atoms with Gasteiger partial charge in [-0.15, -0.1) is 0 Å². The van der Waals surface area contributed by atoms with Crippen molar-refractivity contribution in [3.8, 4) is 0 Å². The van der Waals surface area contributed by atoms with Gasteiger partial charge in [0.2, 0.25) is 11.8 Å². The number of carbonyl (C=O) groups excluding carboxylic acids is 2. The van der Waals surface area contributed by atoms with Gasteiger partial charge in [-0.05, 0) is 18.8 Å². The first-order valence-corrected chi connectivity index (χ1v) is 7.52. The molecule has 0 radical (unpaired) electrons. The van der Waals surface area contributed by atoms with Gasteiger partial charge in [0.15, 0.2) is 0 Å². The van der Waals surface area contributed by atoms with E-state index in [2.05, 4.69) is 22.7 Å². The van der Waals surface area contributed by atoms with Crippen LogP contribution in [0.1, 0.15) is 39.0 Å². The molecule has 0 heterocycles. The summed E-state index contributed by atoms with van der Waals surface area (Å²) in [6.45, 7) is 1.48. The molecule has 2 amide bonds. The number of rotatable bonds is 7. The lowest BCUT2D eigenvalue weighted by atomic mass is 9.86. The fourth-order valence-electron chi connectivity index (χ4n) is 2.56. The van der Waals surface area contributed by atoms with Gasteiger partial charge in [-0.25, -0.2) is 0 Å². The molecule has 1 aliphatic carbocycles. The van der Waals surface area contributed by atoms with Gasteiger partial charge in [-0.2, -0.15) is 0 Å². The van der Waals surface area contributed by atoms with Crippen LogP contribution in [0, 0.1) is 5.92 Å². The first-order valence-electron chi connectivity index (χ1n) is 7.93. The highest BCUT2D eigenvalue weighted by Gasteiger charge is 2.28. The van der Waals surface area contributed by atoms with E-state index in [1.54, 1.807) is 0 Å². The van der Waals surface area contributed by atoms with Gasteiger partial charge in [0.05, 0.1) is 19.1 Å². The third kappa shape index (κ3) is 5.61. The normalized spacial score (nSPS) is 24.6. The Kier molecular flexibility index (Phi) is 6.60. The molecular formula is C14H25N3O5. The lowest BCUT2D eigenvalue weighted by Crippen LogP contribution is -2.56. The molecule has 1 saturated carbocycles. The van der Waals surface area contributed by atoms with Gasteiger partial charge in [-0.3, -0.25) is 14.4 Å². The number of hydrogen-bond acceptors (Lipinski definition) is 6. The maximum Gasteiger partial charge on any atom is 0.305 e. The molecule has 0 aromatic carbocycles. The lowest BCUT2D eigenvalue weighted by Gasteiger charge is -2.31. The number of nitrogens with one attached hydrogen (secondary N) is 2. The van der Waals surface area contributed by atoms with E-state index in [4.69, 9.17) is 7.16 Å². The highest BCUT2D eigenvalue weighted by atomic mass is 16.4.